The number of aliphatic hydroxyl groups is 2. The van der Waals surface area contributed by atoms with Crippen LogP contribution in [0.15, 0.2) is 0 Å². The van der Waals surface area contributed by atoms with E-state index in [1.54, 1.807) is 0 Å². The van der Waals surface area contributed by atoms with Crippen molar-refractivity contribution in [2.24, 2.45) is 0 Å². The Bertz CT molecular complexity index is 364. The van der Waals surface area contributed by atoms with Crippen molar-refractivity contribution >= 4 is 21.0 Å². The predicted molar refractivity (Wildman–Crippen MR) is 61.1 cm³/mol. The van der Waals surface area contributed by atoms with Gasteiger partial charge in [0.15, 0.2) is 0 Å². The monoisotopic (exact) mass is 231 g/mol. The van der Waals surface area contributed by atoms with Gasteiger partial charge in [0.2, 0.25) is 0 Å². The van der Waals surface area contributed by atoms with E-state index in [1.807, 2.05) is 18.7 Å². The highest BCUT2D eigenvalue weighted by molar-refractivity contribution is 8.01. The van der Waals surface area contributed by atoms with Gasteiger partial charge in [-0.1, -0.05) is 0 Å². The third-order valence-electron chi connectivity index (χ3n) is 2.76. The number of aliphatic hydroxyl groups excluding tert-OH is 2. The van der Waals surface area contributed by atoms with E-state index < -0.39 is 0 Å². The van der Waals surface area contributed by atoms with Crippen molar-refractivity contribution in [1.82, 2.24) is 4.57 Å². The van der Waals surface area contributed by atoms with Crippen LogP contribution in [0.5, 0.6) is 0 Å². The van der Waals surface area contributed by atoms with Gasteiger partial charge in [-0.15, -0.1) is 21.0 Å². The van der Waals surface area contributed by atoms with Gasteiger partial charge in [-0.25, -0.2) is 0 Å². The fraction of sp³-hybridized carbons (Fsp3) is 0.556. The van der Waals surface area contributed by atoms with Crippen LogP contribution >= 0.6 is 21.0 Å². The first-order chi connectivity index (χ1) is 6.70. The van der Waals surface area contributed by atoms with Crippen molar-refractivity contribution in [3.05, 3.63) is 22.5 Å². The molecule has 1 unspecified atom stereocenters. The van der Waals surface area contributed by atoms with Crippen molar-refractivity contribution in [2.75, 3.05) is 0 Å². The summed E-state index contributed by atoms with van der Waals surface area (Å²) >= 11 is 1.83. The Hall–Kier alpha value is -0.0200. The molecule has 1 aliphatic rings. The maximum absolute atomic E-state index is 9.27. The molecule has 0 radical (unpaired) electrons. The van der Waals surface area contributed by atoms with Crippen LogP contribution in [-0.4, -0.2) is 14.8 Å². The molecule has 0 amide bonds. The van der Waals surface area contributed by atoms with Gasteiger partial charge in [-0.3, -0.25) is 0 Å². The quantitative estimate of drug-likeness (QED) is 0.755. The molecule has 14 heavy (non-hydrogen) atoms. The highest BCUT2D eigenvalue weighted by atomic mass is 32.2. The van der Waals surface area contributed by atoms with Crippen LogP contribution in [0.4, 0.5) is 0 Å². The Morgan fingerprint density at radius 1 is 1.43 bits per heavy atom. The number of thioether (sulfide) groups is 1. The maximum atomic E-state index is 9.27. The number of aromatic nitrogens is 1. The minimum Gasteiger partial charge on any atom is -0.392 e. The fourth-order valence-electron chi connectivity index (χ4n) is 2.02. The minimum absolute atomic E-state index is 0.0176. The number of fused-ring (bicyclic) bond motifs is 1. The summed E-state index contributed by atoms with van der Waals surface area (Å²) in [5, 5.41) is 18.9. The second-order valence-electron chi connectivity index (χ2n) is 3.38. The molecule has 0 bridgehead atoms. The Balaban J connectivity index is 2.61. The number of hydrogen-bond acceptors (Lipinski definition) is 3. The third-order valence-corrected chi connectivity index (χ3v) is 4.63. The average Bonchev–Trinajstić information content (AvgIpc) is 2.66. The summed E-state index contributed by atoms with van der Waals surface area (Å²) in [4.78, 5) is 0. The number of hydrogen-bond donors (Lipinski definition) is 2. The smallest absolute Gasteiger partial charge is 0.0932 e. The van der Waals surface area contributed by atoms with Gasteiger partial charge in [-0.2, -0.15) is 0 Å². The molecule has 0 saturated heterocycles. The zero-order valence-electron chi connectivity index (χ0n) is 8.03. The molecule has 1 aromatic heterocycles. The molecule has 2 rings (SSSR count). The molecule has 2 heterocycles. The average molecular weight is 231 g/mol. The highest BCUT2D eigenvalue weighted by Gasteiger charge is 2.27. The van der Waals surface area contributed by atoms with Gasteiger partial charge < -0.3 is 14.8 Å². The maximum Gasteiger partial charge on any atom is 0.0932 e. The molecular formula is C9H14NO2PS. The largest absolute Gasteiger partial charge is 0.392 e. The van der Waals surface area contributed by atoms with E-state index >= 15 is 0 Å². The van der Waals surface area contributed by atoms with Gasteiger partial charge in [-0.05, 0) is 6.92 Å². The van der Waals surface area contributed by atoms with Gasteiger partial charge in [0, 0.05) is 28.3 Å². The molecule has 2 atom stereocenters. The standard InChI is InChI=1S/C9H14NO2PS/c1-5-6(2-11)7(3-12)8-4-14-9(13)10(5)8/h9,11-12H,2-4,13H2,1H3/t9-/m1/s1. The lowest BCUT2D eigenvalue weighted by atomic mass is 10.1. The first-order valence-corrected chi connectivity index (χ1v) is 6.22. The fourth-order valence-corrected chi connectivity index (χ4v) is 3.79. The summed E-state index contributed by atoms with van der Waals surface area (Å²) < 4.78 is 2.19. The van der Waals surface area contributed by atoms with Crippen molar-refractivity contribution in [3.63, 3.8) is 0 Å². The summed E-state index contributed by atoms with van der Waals surface area (Å²) in [5.41, 5.74) is 4.06. The Labute approximate surface area is 89.7 Å². The molecule has 0 spiro atoms. The van der Waals surface area contributed by atoms with E-state index in [-0.39, 0.29) is 13.2 Å². The lowest BCUT2D eigenvalue weighted by Crippen LogP contribution is -1.97. The Morgan fingerprint density at radius 3 is 2.64 bits per heavy atom. The van der Waals surface area contributed by atoms with E-state index in [0.717, 1.165) is 22.6 Å². The molecule has 0 aromatic carbocycles. The molecule has 3 nitrogen and oxygen atoms in total. The van der Waals surface area contributed by atoms with Crippen molar-refractivity contribution in [3.8, 4) is 0 Å². The number of nitrogens with zero attached hydrogens (tertiary/aromatic N) is 1. The van der Waals surface area contributed by atoms with Crippen LogP contribution in [0.25, 0.3) is 0 Å². The normalized spacial score (nSPS) is 20.1. The minimum atomic E-state index is 0.0176. The molecule has 0 aliphatic carbocycles. The Kier molecular flexibility index (Phi) is 2.89. The van der Waals surface area contributed by atoms with E-state index in [0.29, 0.717) is 5.11 Å². The first-order valence-electron chi connectivity index (χ1n) is 4.51. The molecule has 2 N–H and O–H groups in total. The van der Waals surface area contributed by atoms with Gasteiger partial charge in [0.05, 0.1) is 18.3 Å². The van der Waals surface area contributed by atoms with E-state index in [4.69, 9.17) is 0 Å². The van der Waals surface area contributed by atoms with E-state index in [2.05, 4.69) is 13.8 Å². The third kappa shape index (κ3) is 1.33. The lowest BCUT2D eigenvalue weighted by molar-refractivity contribution is 0.260. The summed E-state index contributed by atoms with van der Waals surface area (Å²) in [6.45, 7) is 2.04. The predicted octanol–water partition coefficient (Wildman–Crippen LogP) is 1.36. The molecule has 1 aliphatic heterocycles. The second-order valence-corrected chi connectivity index (χ2v) is 5.60. The van der Waals surface area contributed by atoms with Gasteiger partial charge in [0.1, 0.15) is 0 Å². The lowest BCUT2D eigenvalue weighted by Gasteiger charge is -2.08. The first kappa shape index (κ1) is 10.5. The zero-order chi connectivity index (χ0) is 10.3. The molecule has 78 valence electrons. The van der Waals surface area contributed by atoms with Crippen LogP contribution in [0, 0.1) is 6.92 Å². The molecule has 1 aromatic rings. The van der Waals surface area contributed by atoms with Crippen molar-refractivity contribution in [1.29, 1.82) is 0 Å². The van der Waals surface area contributed by atoms with Crippen LogP contribution in [0.1, 0.15) is 27.6 Å². The highest BCUT2D eigenvalue weighted by Crippen LogP contribution is 2.44. The van der Waals surface area contributed by atoms with Crippen molar-refractivity contribution < 1.29 is 10.2 Å². The zero-order valence-corrected chi connectivity index (χ0v) is 10.00. The molecular weight excluding hydrogens is 217 g/mol. The van der Waals surface area contributed by atoms with Gasteiger partial charge >= 0.3 is 0 Å². The summed E-state index contributed by atoms with van der Waals surface area (Å²) in [7, 11) is 2.77. The molecule has 0 fully saturated rings. The molecule has 5 heteroatoms. The van der Waals surface area contributed by atoms with E-state index in [1.165, 1.54) is 5.69 Å². The SMILES string of the molecule is Cc1c(CO)c(CO)c2n1[C@H](P)SC2. The van der Waals surface area contributed by atoms with Crippen LogP contribution in [-0.2, 0) is 19.0 Å². The topological polar surface area (TPSA) is 45.4 Å². The molecule has 0 saturated carbocycles. The van der Waals surface area contributed by atoms with Gasteiger partial charge in [0.25, 0.3) is 0 Å². The summed E-state index contributed by atoms with van der Waals surface area (Å²) in [6.07, 6.45) is 0. The summed E-state index contributed by atoms with van der Waals surface area (Å²) in [6, 6.07) is 0. The number of rotatable bonds is 2. The second kappa shape index (κ2) is 3.86. The summed E-state index contributed by atoms with van der Waals surface area (Å²) in [5.74, 6) is 0.922. The Morgan fingerprint density at radius 2 is 2.07 bits per heavy atom. The van der Waals surface area contributed by atoms with E-state index in [9.17, 15) is 10.2 Å². The van der Waals surface area contributed by atoms with Crippen LogP contribution < -0.4 is 0 Å². The van der Waals surface area contributed by atoms with Crippen LogP contribution in [0.2, 0.25) is 0 Å². The van der Waals surface area contributed by atoms with Crippen molar-refractivity contribution in [2.45, 2.75) is 31.0 Å². The van der Waals surface area contributed by atoms with Crippen LogP contribution in [0.3, 0.4) is 0 Å².